The minimum atomic E-state index is -2.99. The topological polar surface area (TPSA) is 60.5 Å². The number of hydrogen-bond acceptors (Lipinski definition) is 5. The number of halogens is 2. The molecule has 1 N–H and O–H groups in total. The van der Waals surface area contributed by atoms with E-state index in [4.69, 9.17) is 4.74 Å². The number of nitrogens with zero attached hydrogens (tertiary/aromatic N) is 1. The molecule has 3 rings (SSSR count). The summed E-state index contributed by atoms with van der Waals surface area (Å²) in [5.41, 5.74) is 1.32. The normalized spacial score (nSPS) is 14.1. The van der Waals surface area contributed by atoms with E-state index in [1.807, 2.05) is 5.38 Å². The first-order chi connectivity index (χ1) is 12.1. The number of aromatic nitrogens is 1. The fourth-order valence-corrected chi connectivity index (χ4v) is 3.06. The summed E-state index contributed by atoms with van der Waals surface area (Å²) < 4.78 is 34.7. The number of benzene rings is 1. The number of thiazole rings is 1. The second-order valence-corrected chi connectivity index (χ2v) is 6.29. The molecule has 1 saturated carbocycles. The summed E-state index contributed by atoms with van der Waals surface area (Å²) in [5.74, 6) is 0.164. The van der Waals surface area contributed by atoms with Crippen LogP contribution in [0.1, 0.15) is 30.0 Å². The lowest BCUT2D eigenvalue weighted by Gasteiger charge is -2.12. The van der Waals surface area contributed by atoms with Gasteiger partial charge in [-0.3, -0.25) is 10.1 Å². The number of rotatable bonds is 7. The quantitative estimate of drug-likeness (QED) is 0.743. The Labute approximate surface area is 147 Å². The highest BCUT2D eigenvalue weighted by Gasteiger charge is 2.26. The van der Waals surface area contributed by atoms with E-state index in [-0.39, 0.29) is 11.5 Å². The molecule has 25 heavy (non-hydrogen) atoms. The minimum Gasteiger partial charge on any atom is -0.493 e. The third-order valence-corrected chi connectivity index (χ3v) is 4.37. The summed E-state index contributed by atoms with van der Waals surface area (Å²) >= 11 is 1.36. The largest absolute Gasteiger partial charge is 0.493 e. The predicted molar refractivity (Wildman–Crippen MR) is 91.4 cm³/mol. The van der Waals surface area contributed by atoms with Gasteiger partial charge in [0.1, 0.15) is 0 Å². The summed E-state index contributed by atoms with van der Waals surface area (Å²) in [5, 5.41) is 5.12. The van der Waals surface area contributed by atoms with Crippen molar-refractivity contribution in [3.05, 3.63) is 40.9 Å². The number of para-hydroxylation sites is 1. The lowest BCUT2D eigenvalue weighted by molar-refractivity contribution is -0.111. The van der Waals surface area contributed by atoms with Crippen LogP contribution in [-0.2, 0) is 4.79 Å². The van der Waals surface area contributed by atoms with Crippen molar-refractivity contribution in [3.63, 3.8) is 0 Å². The van der Waals surface area contributed by atoms with Gasteiger partial charge in [0.15, 0.2) is 16.6 Å². The lowest BCUT2D eigenvalue weighted by Crippen LogP contribution is -2.08. The van der Waals surface area contributed by atoms with Gasteiger partial charge in [-0.15, -0.1) is 11.3 Å². The van der Waals surface area contributed by atoms with Gasteiger partial charge >= 0.3 is 6.61 Å². The highest BCUT2D eigenvalue weighted by atomic mass is 32.1. The fourth-order valence-electron chi connectivity index (χ4n) is 2.26. The molecule has 1 aromatic heterocycles. The van der Waals surface area contributed by atoms with E-state index in [0.717, 1.165) is 18.5 Å². The predicted octanol–water partition coefficient (Wildman–Crippen LogP) is 4.28. The van der Waals surface area contributed by atoms with Crippen LogP contribution in [0.3, 0.4) is 0 Å². The Hall–Kier alpha value is -2.48. The maximum Gasteiger partial charge on any atom is 0.387 e. The summed E-state index contributed by atoms with van der Waals surface area (Å²) in [4.78, 5) is 16.4. The number of carbonyl (C=O) groups excluding carboxylic acids is 1. The standard InChI is InChI=1S/C17H16F2N2O3S/c1-23-13-4-2-3-11(15(13)24-16(18)19)7-8-14(22)21-17-20-12(9-25-17)10-5-6-10/h2-4,7-10,16H,5-6H2,1H3,(H,20,21,22)/b8-7-. The van der Waals surface area contributed by atoms with E-state index >= 15 is 0 Å². The van der Waals surface area contributed by atoms with Gasteiger partial charge in [-0.25, -0.2) is 4.98 Å². The molecule has 1 fully saturated rings. The Morgan fingerprint density at radius 2 is 2.24 bits per heavy atom. The highest BCUT2D eigenvalue weighted by molar-refractivity contribution is 7.14. The third kappa shape index (κ3) is 4.54. The highest BCUT2D eigenvalue weighted by Crippen LogP contribution is 2.40. The van der Waals surface area contributed by atoms with Gasteiger partial charge in [-0.1, -0.05) is 12.1 Å². The van der Waals surface area contributed by atoms with Crippen LogP contribution in [0.2, 0.25) is 0 Å². The first kappa shape index (κ1) is 17.3. The average molecular weight is 366 g/mol. The van der Waals surface area contributed by atoms with Gasteiger partial charge in [-0.05, 0) is 25.0 Å². The average Bonchev–Trinajstić information content (AvgIpc) is 3.33. The van der Waals surface area contributed by atoms with Crippen molar-refractivity contribution in [1.82, 2.24) is 4.98 Å². The van der Waals surface area contributed by atoms with Gasteiger partial charge in [0.2, 0.25) is 5.91 Å². The minimum absolute atomic E-state index is 0.116. The summed E-state index contributed by atoms with van der Waals surface area (Å²) in [6.45, 7) is -2.99. The number of alkyl halides is 2. The third-order valence-electron chi connectivity index (χ3n) is 3.60. The van der Waals surface area contributed by atoms with Crippen molar-refractivity contribution < 1.29 is 23.0 Å². The molecule has 132 valence electrons. The molecule has 1 aromatic carbocycles. The number of amides is 1. The van der Waals surface area contributed by atoms with Crippen LogP contribution in [0.15, 0.2) is 29.7 Å². The van der Waals surface area contributed by atoms with E-state index in [0.29, 0.717) is 16.6 Å². The zero-order valence-electron chi connectivity index (χ0n) is 13.4. The number of hydrogen-bond donors (Lipinski definition) is 1. The summed E-state index contributed by atoms with van der Waals surface area (Å²) in [6.07, 6.45) is 4.91. The van der Waals surface area contributed by atoms with Gasteiger partial charge < -0.3 is 9.47 Å². The van der Waals surface area contributed by atoms with Gasteiger partial charge in [0.25, 0.3) is 0 Å². The SMILES string of the molecule is COc1cccc(/C=C\C(=O)Nc2nc(C3CC3)cs2)c1OC(F)F. The van der Waals surface area contributed by atoms with Crippen molar-refractivity contribution in [2.75, 3.05) is 12.4 Å². The zero-order valence-corrected chi connectivity index (χ0v) is 14.2. The molecule has 0 aliphatic heterocycles. The maximum absolute atomic E-state index is 12.6. The molecule has 0 radical (unpaired) electrons. The lowest BCUT2D eigenvalue weighted by atomic mass is 10.1. The number of anilines is 1. The van der Waals surface area contributed by atoms with Crippen LogP contribution < -0.4 is 14.8 Å². The Balaban J connectivity index is 1.70. The molecule has 1 aliphatic carbocycles. The number of carbonyl (C=O) groups is 1. The number of methoxy groups -OCH3 is 1. The smallest absolute Gasteiger partial charge is 0.387 e. The Kier molecular flexibility index (Phi) is 5.28. The molecule has 0 saturated heterocycles. The van der Waals surface area contributed by atoms with Crippen LogP contribution in [0.4, 0.5) is 13.9 Å². The first-order valence-corrected chi connectivity index (χ1v) is 8.51. The monoisotopic (exact) mass is 366 g/mol. The van der Waals surface area contributed by atoms with Crippen molar-refractivity contribution in [2.45, 2.75) is 25.4 Å². The maximum atomic E-state index is 12.6. The van der Waals surface area contributed by atoms with Crippen molar-refractivity contribution in [1.29, 1.82) is 0 Å². The van der Waals surface area contributed by atoms with E-state index in [2.05, 4.69) is 15.0 Å². The van der Waals surface area contributed by atoms with Crippen molar-refractivity contribution in [3.8, 4) is 11.5 Å². The van der Waals surface area contributed by atoms with Gasteiger partial charge in [-0.2, -0.15) is 8.78 Å². The zero-order chi connectivity index (χ0) is 17.8. The van der Waals surface area contributed by atoms with Crippen LogP contribution in [0.25, 0.3) is 6.08 Å². The first-order valence-electron chi connectivity index (χ1n) is 7.63. The van der Waals surface area contributed by atoms with E-state index < -0.39 is 12.5 Å². The molecule has 2 aromatic rings. The van der Waals surface area contributed by atoms with Crippen LogP contribution >= 0.6 is 11.3 Å². The van der Waals surface area contributed by atoms with Crippen LogP contribution in [-0.4, -0.2) is 24.6 Å². The second-order valence-electron chi connectivity index (χ2n) is 5.43. The van der Waals surface area contributed by atoms with E-state index in [1.165, 1.54) is 36.7 Å². The molecule has 0 bridgehead atoms. The molecular weight excluding hydrogens is 350 g/mol. The molecule has 1 aliphatic rings. The van der Waals surface area contributed by atoms with Crippen LogP contribution in [0, 0.1) is 0 Å². The van der Waals surface area contributed by atoms with Crippen LogP contribution in [0.5, 0.6) is 11.5 Å². The Bertz CT molecular complexity index is 788. The second kappa shape index (κ2) is 7.60. The molecule has 8 heteroatoms. The van der Waals surface area contributed by atoms with Crippen molar-refractivity contribution in [2.24, 2.45) is 0 Å². The molecule has 0 atom stereocenters. The molecule has 0 unspecified atom stereocenters. The fraction of sp³-hybridized carbons (Fsp3) is 0.294. The summed E-state index contributed by atoms with van der Waals surface area (Å²) in [6, 6.07) is 4.68. The summed E-state index contributed by atoms with van der Waals surface area (Å²) in [7, 11) is 1.35. The van der Waals surface area contributed by atoms with Gasteiger partial charge in [0.05, 0.1) is 12.8 Å². The number of nitrogens with one attached hydrogen (secondary N) is 1. The molecule has 0 spiro atoms. The molecule has 1 heterocycles. The van der Waals surface area contributed by atoms with Crippen molar-refractivity contribution >= 4 is 28.5 Å². The molecule has 1 amide bonds. The Morgan fingerprint density at radius 3 is 2.92 bits per heavy atom. The van der Waals surface area contributed by atoms with Gasteiger partial charge in [0, 0.05) is 22.9 Å². The Morgan fingerprint density at radius 1 is 1.44 bits per heavy atom. The number of ether oxygens (including phenoxy) is 2. The van der Waals surface area contributed by atoms with E-state index in [9.17, 15) is 13.6 Å². The van der Waals surface area contributed by atoms with E-state index in [1.54, 1.807) is 12.1 Å². The molecular formula is C17H16F2N2O3S. The molecule has 5 nitrogen and oxygen atoms in total.